The molecule has 1 N–H and O–H groups in total. The maximum Gasteiger partial charge on any atom is 0.272 e. The van der Waals surface area contributed by atoms with Crippen LogP contribution in [0.1, 0.15) is 30.8 Å². The van der Waals surface area contributed by atoms with Crippen molar-refractivity contribution < 1.29 is 9.53 Å². The Morgan fingerprint density at radius 1 is 1.42 bits per heavy atom. The molecule has 1 aromatic rings. The summed E-state index contributed by atoms with van der Waals surface area (Å²) in [6, 6.07) is 3.63. The van der Waals surface area contributed by atoms with E-state index in [1.807, 2.05) is 13.0 Å². The summed E-state index contributed by atoms with van der Waals surface area (Å²) in [4.78, 5) is 17.9. The first-order valence-corrected chi connectivity index (χ1v) is 6.72. The lowest BCUT2D eigenvalue weighted by Crippen LogP contribution is -2.30. The molecule has 0 aliphatic rings. The van der Waals surface area contributed by atoms with Crippen LogP contribution in [0.2, 0.25) is 0 Å². The second-order valence-corrected chi connectivity index (χ2v) is 4.28. The second-order valence-electron chi connectivity index (χ2n) is 4.28. The molecule has 0 spiro atoms. The van der Waals surface area contributed by atoms with Crippen LogP contribution in [-0.4, -0.2) is 49.1 Å². The van der Waals surface area contributed by atoms with Crippen LogP contribution in [0.4, 0.5) is 5.69 Å². The number of pyridine rings is 1. The molecule has 0 radical (unpaired) electrons. The van der Waals surface area contributed by atoms with Gasteiger partial charge in [-0.2, -0.15) is 0 Å². The van der Waals surface area contributed by atoms with Crippen molar-refractivity contribution in [3.8, 4) is 0 Å². The van der Waals surface area contributed by atoms with Gasteiger partial charge in [0, 0.05) is 26.7 Å². The van der Waals surface area contributed by atoms with Gasteiger partial charge in [0.25, 0.3) is 5.91 Å². The first-order chi connectivity index (χ1) is 9.19. The lowest BCUT2D eigenvalue weighted by atomic mass is 10.3. The topological polar surface area (TPSA) is 54.5 Å². The van der Waals surface area contributed by atoms with Gasteiger partial charge in [-0.15, -0.1) is 0 Å². The van der Waals surface area contributed by atoms with Crippen LogP contribution in [0.15, 0.2) is 18.3 Å². The summed E-state index contributed by atoms with van der Waals surface area (Å²) in [5, 5.41) is 3.22. The van der Waals surface area contributed by atoms with Crippen LogP contribution in [0, 0.1) is 0 Å². The molecule has 106 valence electrons. The zero-order valence-corrected chi connectivity index (χ0v) is 12.0. The van der Waals surface area contributed by atoms with E-state index < -0.39 is 0 Å². The number of anilines is 1. The van der Waals surface area contributed by atoms with E-state index in [1.54, 1.807) is 24.2 Å². The van der Waals surface area contributed by atoms with Crippen molar-refractivity contribution in [1.82, 2.24) is 9.88 Å². The summed E-state index contributed by atoms with van der Waals surface area (Å²) in [5.74, 6) is -0.0817. The summed E-state index contributed by atoms with van der Waals surface area (Å²) >= 11 is 0. The maximum atomic E-state index is 12.1. The van der Waals surface area contributed by atoms with Crippen LogP contribution in [0.25, 0.3) is 0 Å². The summed E-state index contributed by atoms with van der Waals surface area (Å²) in [6.45, 7) is 6.73. The molecule has 1 amide bonds. The van der Waals surface area contributed by atoms with Gasteiger partial charge in [-0.05, 0) is 25.5 Å². The van der Waals surface area contributed by atoms with Crippen LogP contribution >= 0.6 is 0 Å². The molecule has 0 aromatic carbocycles. The number of rotatable bonds is 8. The number of carbonyl (C=O) groups is 1. The molecule has 0 fully saturated rings. The number of aromatic nitrogens is 1. The Balaban J connectivity index is 2.52. The highest BCUT2D eigenvalue weighted by atomic mass is 16.5. The highest BCUT2D eigenvalue weighted by Gasteiger charge is 2.12. The monoisotopic (exact) mass is 265 g/mol. The van der Waals surface area contributed by atoms with Crippen LogP contribution in [0.3, 0.4) is 0 Å². The first kappa shape index (κ1) is 15.4. The number of hydrogen-bond donors (Lipinski definition) is 1. The molecule has 1 heterocycles. The van der Waals surface area contributed by atoms with Gasteiger partial charge in [0.05, 0.1) is 18.5 Å². The molecular formula is C14H23N3O2. The Labute approximate surface area is 115 Å². The molecule has 0 bridgehead atoms. The van der Waals surface area contributed by atoms with E-state index >= 15 is 0 Å². The third-order valence-electron chi connectivity index (χ3n) is 2.68. The van der Waals surface area contributed by atoms with Crippen LogP contribution in [0.5, 0.6) is 0 Å². The summed E-state index contributed by atoms with van der Waals surface area (Å²) in [7, 11) is 1.76. The number of amides is 1. The number of carbonyl (C=O) groups excluding carboxylic acids is 1. The van der Waals surface area contributed by atoms with E-state index in [-0.39, 0.29) is 5.91 Å². The Bertz CT molecular complexity index is 379. The van der Waals surface area contributed by atoms with Gasteiger partial charge in [0.1, 0.15) is 5.69 Å². The minimum absolute atomic E-state index is 0.0817. The molecule has 0 aliphatic carbocycles. The average molecular weight is 265 g/mol. The summed E-state index contributed by atoms with van der Waals surface area (Å²) in [6.07, 6.45) is 2.75. The Hall–Kier alpha value is -1.62. The van der Waals surface area contributed by atoms with Crippen molar-refractivity contribution in [2.75, 3.05) is 38.7 Å². The van der Waals surface area contributed by atoms with Gasteiger partial charge < -0.3 is 15.0 Å². The fraction of sp³-hybridized carbons (Fsp3) is 0.571. The smallest absolute Gasteiger partial charge is 0.272 e. The van der Waals surface area contributed by atoms with Gasteiger partial charge in [0.15, 0.2) is 0 Å². The van der Waals surface area contributed by atoms with Gasteiger partial charge >= 0.3 is 0 Å². The number of nitrogens with zero attached hydrogens (tertiary/aromatic N) is 2. The van der Waals surface area contributed by atoms with Gasteiger partial charge in [-0.1, -0.05) is 6.92 Å². The summed E-state index contributed by atoms with van der Waals surface area (Å²) in [5.41, 5.74) is 1.40. The fourth-order valence-corrected chi connectivity index (χ4v) is 1.54. The molecule has 0 atom stereocenters. The van der Waals surface area contributed by atoms with Gasteiger partial charge in [0.2, 0.25) is 0 Å². The third kappa shape index (κ3) is 5.26. The van der Waals surface area contributed by atoms with E-state index in [4.69, 9.17) is 4.74 Å². The van der Waals surface area contributed by atoms with Crippen molar-refractivity contribution in [3.05, 3.63) is 24.0 Å². The predicted molar refractivity (Wildman–Crippen MR) is 76.5 cm³/mol. The van der Waals surface area contributed by atoms with Crippen LogP contribution in [-0.2, 0) is 4.74 Å². The molecular weight excluding hydrogens is 242 g/mol. The molecule has 0 saturated carbocycles. The minimum Gasteiger partial charge on any atom is -0.384 e. The summed E-state index contributed by atoms with van der Waals surface area (Å²) < 4.78 is 5.23. The fourth-order valence-electron chi connectivity index (χ4n) is 1.54. The molecule has 0 saturated heterocycles. The average Bonchev–Trinajstić information content (AvgIpc) is 2.45. The quantitative estimate of drug-likeness (QED) is 0.731. The maximum absolute atomic E-state index is 12.1. The zero-order chi connectivity index (χ0) is 14.1. The lowest BCUT2D eigenvalue weighted by molar-refractivity contribution is 0.0704. The van der Waals surface area contributed by atoms with Crippen molar-refractivity contribution in [2.45, 2.75) is 20.3 Å². The molecule has 19 heavy (non-hydrogen) atoms. The largest absolute Gasteiger partial charge is 0.384 e. The van der Waals surface area contributed by atoms with E-state index in [1.165, 1.54) is 0 Å². The van der Waals surface area contributed by atoms with E-state index in [9.17, 15) is 4.79 Å². The van der Waals surface area contributed by atoms with Gasteiger partial charge in [-0.3, -0.25) is 4.79 Å². The Morgan fingerprint density at radius 2 is 2.21 bits per heavy atom. The van der Waals surface area contributed by atoms with E-state index in [0.29, 0.717) is 25.5 Å². The Morgan fingerprint density at radius 3 is 2.79 bits per heavy atom. The van der Waals surface area contributed by atoms with E-state index in [2.05, 4.69) is 17.2 Å². The number of likely N-dealkylation sites (N-methyl/N-ethyl adjacent to an activating group) is 1. The minimum atomic E-state index is -0.0817. The van der Waals surface area contributed by atoms with Crippen LogP contribution < -0.4 is 5.32 Å². The molecule has 1 aromatic heterocycles. The van der Waals surface area contributed by atoms with Gasteiger partial charge in [-0.25, -0.2) is 4.98 Å². The predicted octanol–water partition coefficient (Wildman–Crippen LogP) is 2.01. The standard InChI is InChI=1S/C14H23N3O2/c1-4-8-15-12-6-7-13(16-11-12)14(18)17(3)9-10-19-5-2/h6-7,11,15H,4-5,8-10H2,1-3H3. The number of ether oxygens (including phenoxy) is 1. The first-order valence-electron chi connectivity index (χ1n) is 6.72. The zero-order valence-electron chi connectivity index (χ0n) is 12.0. The molecule has 0 unspecified atom stereocenters. The lowest BCUT2D eigenvalue weighted by Gasteiger charge is -2.16. The normalized spacial score (nSPS) is 10.3. The highest BCUT2D eigenvalue weighted by Crippen LogP contribution is 2.07. The number of hydrogen-bond acceptors (Lipinski definition) is 4. The highest BCUT2D eigenvalue weighted by molar-refractivity contribution is 5.92. The van der Waals surface area contributed by atoms with Crippen molar-refractivity contribution in [2.24, 2.45) is 0 Å². The Kier molecular flexibility index (Phi) is 6.89. The van der Waals surface area contributed by atoms with Crippen molar-refractivity contribution >= 4 is 11.6 Å². The molecule has 5 nitrogen and oxygen atoms in total. The van der Waals surface area contributed by atoms with Crippen molar-refractivity contribution in [1.29, 1.82) is 0 Å². The van der Waals surface area contributed by atoms with E-state index in [0.717, 1.165) is 18.7 Å². The SMILES string of the molecule is CCCNc1ccc(C(=O)N(C)CCOCC)nc1. The van der Waals surface area contributed by atoms with Crippen molar-refractivity contribution in [3.63, 3.8) is 0 Å². The number of nitrogens with one attached hydrogen (secondary N) is 1. The molecule has 5 heteroatoms. The molecule has 0 aliphatic heterocycles. The molecule has 1 rings (SSSR count). The second kappa shape index (κ2) is 8.48. The third-order valence-corrected chi connectivity index (χ3v) is 2.68.